The zero-order valence-electron chi connectivity index (χ0n) is 17.9. The Labute approximate surface area is 192 Å². The van der Waals surface area contributed by atoms with Crippen molar-refractivity contribution in [2.75, 3.05) is 29.9 Å². The topological polar surface area (TPSA) is 127 Å². The smallest absolute Gasteiger partial charge is 0.292 e. The highest BCUT2D eigenvalue weighted by Gasteiger charge is 2.23. The van der Waals surface area contributed by atoms with Crippen LogP contribution in [-0.4, -0.2) is 62.0 Å². The molecule has 1 saturated heterocycles. The van der Waals surface area contributed by atoms with Crippen molar-refractivity contribution in [3.05, 3.63) is 45.8 Å². The summed E-state index contributed by atoms with van der Waals surface area (Å²) < 4.78 is 27.5. The highest BCUT2D eigenvalue weighted by molar-refractivity contribution is 7.98. The van der Waals surface area contributed by atoms with Gasteiger partial charge in [0.2, 0.25) is 0 Å². The first-order valence-corrected chi connectivity index (χ1v) is 11.5. The fourth-order valence-electron chi connectivity index (χ4n) is 3.56. The lowest BCUT2D eigenvalue weighted by Gasteiger charge is -2.30. The Bertz CT molecular complexity index is 1210. The molecule has 4 rings (SSSR count). The number of H-pyrrole nitrogens is 1. The van der Waals surface area contributed by atoms with Crippen molar-refractivity contribution in [1.29, 1.82) is 0 Å². The van der Waals surface area contributed by atoms with E-state index in [9.17, 15) is 23.8 Å². The van der Waals surface area contributed by atoms with Crippen LogP contribution in [0, 0.1) is 11.6 Å². The molecule has 2 unspecified atom stereocenters. The van der Waals surface area contributed by atoms with Gasteiger partial charge in [-0.1, -0.05) is 23.9 Å². The second kappa shape index (κ2) is 9.98. The van der Waals surface area contributed by atoms with Crippen LogP contribution in [0.2, 0.25) is 0 Å². The molecule has 2 aromatic heterocycles. The quantitative estimate of drug-likeness (QED) is 0.298. The third kappa shape index (κ3) is 5.23. The first-order chi connectivity index (χ1) is 15.9. The van der Waals surface area contributed by atoms with Gasteiger partial charge in [0.05, 0.1) is 12.7 Å². The molecule has 0 aliphatic carbocycles. The van der Waals surface area contributed by atoms with Gasteiger partial charge in [0.15, 0.2) is 39.6 Å². The Kier molecular flexibility index (Phi) is 7.05. The monoisotopic (exact) mass is 478 g/mol. The molecule has 33 heavy (non-hydrogen) atoms. The van der Waals surface area contributed by atoms with Gasteiger partial charge in [-0.15, -0.1) is 0 Å². The predicted molar refractivity (Wildman–Crippen MR) is 121 cm³/mol. The number of aliphatic hydroxyl groups is 2. The number of aromatic nitrogens is 4. The molecule has 176 valence electrons. The predicted octanol–water partition coefficient (Wildman–Crippen LogP) is 2.04. The number of hydrogen-bond acceptors (Lipinski definition) is 9. The van der Waals surface area contributed by atoms with Gasteiger partial charge in [-0.3, -0.25) is 4.79 Å². The van der Waals surface area contributed by atoms with Gasteiger partial charge in [-0.05, 0) is 25.8 Å². The number of rotatable bonds is 7. The van der Waals surface area contributed by atoms with E-state index in [1.54, 1.807) is 11.8 Å². The maximum Gasteiger partial charge on any atom is 0.292 e. The molecule has 2 atom stereocenters. The highest BCUT2D eigenvalue weighted by Crippen LogP contribution is 2.27. The van der Waals surface area contributed by atoms with Gasteiger partial charge >= 0.3 is 0 Å². The molecule has 1 fully saturated rings. The molecule has 3 heterocycles. The third-order valence-electron chi connectivity index (χ3n) is 5.26. The number of aromatic amines is 1. The minimum atomic E-state index is -0.935. The molecular formula is C21H24F2N6O3S. The van der Waals surface area contributed by atoms with E-state index >= 15 is 0 Å². The molecular weight excluding hydrogens is 454 g/mol. The fraction of sp³-hybridized carbons (Fsp3) is 0.429. The van der Waals surface area contributed by atoms with Crippen LogP contribution in [0.25, 0.3) is 11.2 Å². The SMILES string of the molecule is CC(CO)Nc1nc(SCc2cccc(F)c2F)nc2[nH]c(=O)c(N3CCCC(O)C3)nc12. The van der Waals surface area contributed by atoms with Crippen molar-refractivity contribution >= 4 is 34.6 Å². The molecule has 0 bridgehead atoms. The van der Waals surface area contributed by atoms with E-state index < -0.39 is 23.3 Å². The minimum Gasteiger partial charge on any atom is -0.394 e. The summed E-state index contributed by atoms with van der Waals surface area (Å²) in [4.78, 5) is 30.5. The van der Waals surface area contributed by atoms with Crippen LogP contribution in [-0.2, 0) is 5.75 Å². The zero-order chi connectivity index (χ0) is 23.5. The van der Waals surface area contributed by atoms with Crippen molar-refractivity contribution in [2.45, 2.75) is 42.8 Å². The molecule has 0 radical (unpaired) electrons. The lowest BCUT2D eigenvalue weighted by Crippen LogP contribution is -2.41. The first-order valence-electron chi connectivity index (χ1n) is 10.5. The molecule has 0 saturated carbocycles. The molecule has 1 aromatic carbocycles. The summed E-state index contributed by atoms with van der Waals surface area (Å²) in [7, 11) is 0. The molecule has 4 N–H and O–H groups in total. The highest BCUT2D eigenvalue weighted by atomic mass is 32.2. The van der Waals surface area contributed by atoms with E-state index in [1.165, 1.54) is 12.1 Å². The summed E-state index contributed by atoms with van der Waals surface area (Å²) in [5.74, 6) is -1.34. The fourth-order valence-corrected chi connectivity index (χ4v) is 4.37. The number of anilines is 2. The average molecular weight is 479 g/mol. The van der Waals surface area contributed by atoms with Gasteiger partial charge in [0.25, 0.3) is 5.56 Å². The largest absolute Gasteiger partial charge is 0.394 e. The van der Waals surface area contributed by atoms with E-state index in [4.69, 9.17) is 0 Å². The Morgan fingerprint density at radius 1 is 1.33 bits per heavy atom. The van der Waals surface area contributed by atoms with Gasteiger partial charge in [-0.2, -0.15) is 0 Å². The third-order valence-corrected chi connectivity index (χ3v) is 6.15. The zero-order valence-corrected chi connectivity index (χ0v) is 18.7. The number of piperidine rings is 1. The summed E-state index contributed by atoms with van der Waals surface area (Å²) in [5.41, 5.74) is 0.175. The van der Waals surface area contributed by atoms with Crippen LogP contribution in [0.3, 0.4) is 0 Å². The van der Waals surface area contributed by atoms with Crippen LogP contribution >= 0.6 is 11.8 Å². The Morgan fingerprint density at radius 3 is 2.91 bits per heavy atom. The van der Waals surface area contributed by atoms with Gasteiger partial charge in [0.1, 0.15) is 0 Å². The summed E-state index contributed by atoms with van der Waals surface area (Å²) in [6, 6.07) is 3.58. The van der Waals surface area contributed by atoms with E-state index in [0.717, 1.165) is 24.2 Å². The molecule has 3 aromatic rings. The van der Waals surface area contributed by atoms with Crippen LogP contribution in [0.5, 0.6) is 0 Å². The van der Waals surface area contributed by atoms with E-state index in [-0.39, 0.29) is 40.6 Å². The number of hydrogen-bond donors (Lipinski definition) is 4. The summed E-state index contributed by atoms with van der Waals surface area (Å²) >= 11 is 1.07. The first kappa shape index (κ1) is 23.3. The second-order valence-corrected chi connectivity index (χ2v) is 8.86. The molecule has 0 amide bonds. The van der Waals surface area contributed by atoms with Crippen LogP contribution in [0.4, 0.5) is 20.4 Å². The van der Waals surface area contributed by atoms with Crippen molar-refractivity contribution in [2.24, 2.45) is 0 Å². The summed E-state index contributed by atoms with van der Waals surface area (Å²) in [5, 5.41) is 22.7. The molecule has 0 spiro atoms. The normalized spacial score (nSPS) is 17.4. The van der Waals surface area contributed by atoms with E-state index in [0.29, 0.717) is 30.8 Å². The standard InChI is InChI=1S/C21H24F2N6O3S/c1-11(9-30)24-17-16-18(26-20(32)19(25-16)29-7-3-5-13(31)8-29)28-21(27-17)33-10-12-4-2-6-14(22)15(12)23/h2,4,6,11,13,30-31H,3,5,7-10H2,1H3,(H2,24,26,27,28,32). The van der Waals surface area contributed by atoms with Gasteiger partial charge in [-0.25, -0.2) is 23.7 Å². The van der Waals surface area contributed by atoms with Crippen molar-refractivity contribution in [3.8, 4) is 0 Å². The molecule has 1 aliphatic heterocycles. The number of benzene rings is 1. The maximum atomic E-state index is 14.0. The number of β-amino-alcohol motifs (C(OH)–C–C–N with tert-alkyl or cyclic N) is 1. The molecule has 12 heteroatoms. The van der Waals surface area contributed by atoms with Crippen molar-refractivity contribution < 1.29 is 19.0 Å². The van der Waals surface area contributed by atoms with Crippen molar-refractivity contribution in [1.82, 2.24) is 19.9 Å². The number of nitrogens with one attached hydrogen (secondary N) is 2. The average Bonchev–Trinajstić information content (AvgIpc) is 2.79. The number of fused-ring (bicyclic) bond motifs is 1. The Hall–Kier alpha value is -2.83. The molecule has 9 nitrogen and oxygen atoms in total. The van der Waals surface area contributed by atoms with E-state index in [2.05, 4.69) is 25.3 Å². The summed E-state index contributed by atoms with van der Waals surface area (Å²) in [6.45, 7) is 2.46. The Morgan fingerprint density at radius 2 is 2.15 bits per heavy atom. The Balaban J connectivity index is 1.71. The van der Waals surface area contributed by atoms with Gasteiger partial charge in [0, 0.05) is 30.4 Å². The minimum absolute atomic E-state index is 0.0749. The second-order valence-electron chi connectivity index (χ2n) is 7.91. The van der Waals surface area contributed by atoms with Crippen LogP contribution in [0.1, 0.15) is 25.3 Å². The van der Waals surface area contributed by atoms with Gasteiger partial charge < -0.3 is 25.4 Å². The number of aliphatic hydroxyl groups excluding tert-OH is 2. The van der Waals surface area contributed by atoms with Crippen LogP contribution in [0.15, 0.2) is 28.2 Å². The lowest BCUT2D eigenvalue weighted by atomic mass is 10.1. The van der Waals surface area contributed by atoms with E-state index in [1.807, 2.05) is 0 Å². The number of halogens is 2. The number of thioether (sulfide) groups is 1. The molecule has 1 aliphatic rings. The van der Waals surface area contributed by atoms with Crippen LogP contribution < -0.4 is 15.8 Å². The van der Waals surface area contributed by atoms with Crippen molar-refractivity contribution in [3.63, 3.8) is 0 Å². The summed E-state index contributed by atoms with van der Waals surface area (Å²) in [6.07, 6.45) is 0.856. The number of nitrogens with zero attached hydrogens (tertiary/aromatic N) is 4. The lowest BCUT2D eigenvalue weighted by molar-refractivity contribution is 0.154. The maximum absolute atomic E-state index is 14.0.